The lowest BCUT2D eigenvalue weighted by Crippen LogP contribution is -2.03. The summed E-state index contributed by atoms with van der Waals surface area (Å²) in [6.07, 6.45) is 0. The molecule has 2 nitrogen and oxygen atoms in total. The number of benzene rings is 2. The molecule has 1 N–H and O–H groups in total. The van der Waals surface area contributed by atoms with Gasteiger partial charge in [-0.15, -0.1) is 0 Å². The second-order valence-electron chi connectivity index (χ2n) is 3.63. The van der Waals surface area contributed by atoms with Crippen LogP contribution in [0.25, 0.3) is 11.1 Å². The Labute approximate surface area is 113 Å². The van der Waals surface area contributed by atoms with Crippen LogP contribution in [0.2, 0.25) is 10.0 Å². The van der Waals surface area contributed by atoms with Gasteiger partial charge in [0, 0.05) is 10.0 Å². The summed E-state index contributed by atoms with van der Waals surface area (Å²) in [5, 5.41) is 9.76. The highest BCUT2D eigenvalue weighted by molar-refractivity contribution is 6.35. The molecule has 2 aromatic carbocycles. The highest BCUT2D eigenvalue weighted by atomic mass is 35.5. The molecule has 0 heterocycles. The molecule has 2 aromatic rings. The minimum atomic E-state index is -1.33. The summed E-state index contributed by atoms with van der Waals surface area (Å²) in [6.45, 7) is 0. The van der Waals surface area contributed by atoms with Crippen molar-refractivity contribution in [2.45, 2.75) is 0 Å². The predicted molar refractivity (Wildman–Crippen MR) is 68.8 cm³/mol. The van der Waals surface area contributed by atoms with Gasteiger partial charge in [-0.05, 0) is 35.4 Å². The smallest absolute Gasteiger partial charge is 0.339 e. The van der Waals surface area contributed by atoms with E-state index in [0.717, 1.165) is 6.07 Å². The number of hydrogen-bond donors (Lipinski definition) is 1. The van der Waals surface area contributed by atoms with Crippen LogP contribution in [-0.4, -0.2) is 11.1 Å². The van der Waals surface area contributed by atoms with Crippen LogP contribution in [0, 0.1) is 5.82 Å². The first-order valence-corrected chi connectivity index (χ1v) is 5.73. The molecule has 0 unspecified atom stereocenters. The molecular formula is C13H7Cl2FO2. The van der Waals surface area contributed by atoms with E-state index in [2.05, 4.69) is 0 Å². The average Bonchev–Trinajstić information content (AvgIpc) is 2.26. The molecule has 0 aliphatic rings. The van der Waals surface area contributed by atoms with Gasteiger partial charge in [0.1, 0.15) is 11.4 Å². The van der Waals surface area contributed by atoms with Crippen LogP contribution in [0.1, 0.15) is 10.4 Å². The maximum Gasteiger partial charge on any atom is 0.339 e. The summed E-state index contributed by atoms with van der Waals surface area (Å²) in [5.41, 5.74) is 0.312. The first-order valence-electron chi connectivity index (χ1n) is 4.97. The Morgan fingerprint density at radius 3 is 2.28 bits per heavy atom. The fraction of sp³-hybridized carbons (Fsp3) is 0. The molecular weight excluding hydrogens is 278 g/mol. The van der Waals surface area contributed by atoms with E-state index in [0.29, 0.717) is 15.6 Å². The summed E-state index contributed by atoms with van der Waals surface area (Å²) in [4.78, 5) is 11.1. The number of aromatic carboxylic acids is 1. The van der Waals surface area contributed by atoms with Crippen LogP contribution < -0.4 is 0 Å². The molecule has 0 saturated carbocycles. The molecule has 92 valence electrons. The minimum absolute atomic E-state index is 0.243. The minimum Gasteiger partial charge on any atom is -0.478 e. The fourth-order valence-corrected chi connectivity index (χ4v) is 2.22. The number of hydrogen-bond acceptors (Lipinski definition) is 1. The first-order chi connectivity index (χ1) is 8.49. The van der Waals surface area contributed by atoms with E-state index in [1.54, 1.807) is 0 Å². The Balaban J connectivity index is 2.71. The maximum absolute atomic E-state index is 13.5. The van der Waals surface area contributed by atoms with Crippen LogP contribution in [0.5, 0.6) is 0 Å². The number of rotatable bonds is 2. The number of carbonyl (C=O) groups is 1. The zero-order valence-corrected chi connectivity index (χ0v) is 10.5. The number of carboxylic acid groups (broad SMARTS) is 1. The summed E-state index contributed by atoms with van der Waals surface area (Å²) >= 11 is 11.7. The zero-order chi connectivity index (χ0) is 13.3. The number of halogens is 3. The lowest BCUT2D eigenvalue weighted by molar-refractivity contribution is 0.0693. The van der Waals surface area contributed by atoms with E-state index in [9.17, 15) is 9.18 Å². The molecule has 0 radical (unpaired) electrons. The van der Waals surface area contributed by atoms with Gasteiger partial charge in [0.15, 0.2) is 0 Å². The van der Waals surface area contributed by atoms with Crippen LogP contribution in [0.3, 0.4) is 0 Å². The molecule has 0 amide bonds. The topological polar surface area (TPSA) is 37.3 Å². The molecule has 0 fully saturated rings. The third-order valence-electron chi connectivity index (χ3n) is 2.40. The first kappa shape index (κ1) is 12.9. The Bertz CT molecular complexity index is 606. The summed E-state index contributed by atoms with van der Waals surface area (Å²) < 4.78 is 13.5. The normalized spacial score (nSPS) is 10.4. The van der Waals surface area contributed by atoms with Crippen molar-refractivity contribution in [3.8, 4) is 11.1 Å². The highest BCUT2D eigenvalue weighted by Crippen LogP contribution is 2.30. The van der Waals surface area contributed by atoms with Crippen molar-refractivity contribution in [1.29, 1.82) is 0 Å². The standard InChI is InChI=1S/C13H7Cl2FO2/c14-8-4-7(5-9(15)6-8)10-2-1-3-11(16)12(10)13(17)18/h1-6H,(H,17,18). The van der Waals surface area contributed by atoms with Crippen LogP contribution in [0.4, 0.5) is 4.39 Å². The van der Waals surface area contributed by atoms with E-state index >= 15 is 0 Å². The monoisotopic (exact) mass is 284 g/mol. The second kappa shape index (κ2) is 4.96. The van der Waals surface area contributed by atoms with Gasteiger partial charge < -0.3 is 5.11 Å². The quantitative estimate of drug-likeness (QED) is 0.882. The summed E-state index contributed by atoms with van der Waals surface area (Å²) in [6, 6.07) is 8.63. The largest absolute Gasteiger partial charge is 0.478 e. The van der Waals surface area contributed by atoms with Crippen molar-refractivity contribution < 1.29 is 14.3 Å². The third-order valence-corrected chi connectivity index (χ3v) is 2.84. The van der Waals surface area contributed by atoms with Crippen LogP contribution in [-0.2, 0) is 0 Å². The molecule has 0 atom stereocenters. The molecule has 0 aliphatic heterocycles. The molecule has 18 heavy (non-hydrogen) atoms. The SMILES string of the molecule is O=C(O)c1c(F)cccc1-c1cc(Cl)cc(Cl)c1. The molecule has 0 aliphatic carbocycles. The lowest BCUT2D eigenvalue weighted by Gasteiger charge is -2.08. The molecule has 5 heteroatoms. The van der Waals surface area contributed by atoms with Gasteiger partial charge in [0.25, 0.3) is 0 Å². The van der Waals surface area contributed by atoms with Crippen LogP contribution in [0.15, 0.2) is 36.4 Å². The van der Waals surface area contributed by atoms with E-state index in [1.165, 1.54) is 30.3 Å². The summed E-state index contributed by atoms with van der Waals surface area (Å²) in [7, 11) is 0. The zero-order valence-electron chi connectivity index (χ0n) is 8.95. The molecule has 0 spiro atoms. The van der Waals surface area contributed by atoms with Crippen LogP contribution >= 0.6 is 23.2 Å². The van der Waals surface area contributed by atoms with Crippen molar-refractivity contribution >= 4 is 29.2 Å². The fourth-order valence-electron chi connectivity index (χ4n) is 1.69. The highest BCUT2D eigenvalue weighted by Gasteiger charge is 2.17. The Morgan fingerprint density at radius 2 is 1.72 bits per heavy atom. The van der Waals surface area contributed by atoms with Crippen molar-refractivity contribution in [3.05, 3.63) is 57.8 Å². The molecule has 0 bridgehead atoms. The maximum atomic E-state index is 13.5. The van der Waals surface area contributed by atoms with E-state index in [-0.39, 0.29) is 5.56 Å². The van der Waals surface area contributed by atoms with Gasteiger partial charge in [-0.2, -0.15) is 0 Å². The van der Waals surface area contributed by atoms with E-state index in [1.807, 2.05) is 0 Å². The van der Waals surface area contributed by atoms with Crippen molar-refractivity contribution in [2.75, 3.05) is 0 Å². The lowest BCUT2D eigenvalue weighted by atomic mass is 9.99. The van der Waals surface area contributed by atoms with Gasteiger partial charge in [-0.1, -0.05) is 35.3 Å². The van der Waals surface area contributed by atoms with E-state index in [4.69, 9.17) is 28.3 Å². The Hall–Kier alpha value is -1.58. The molecule has 2 rings (SSSR count). The van der Waals surface area contributed by atoms with Crippen molar-refractivity contribution in [3.63, 3.8) is 0 Å². The second-order valence-corrected chi connectivity index (χ2v) is 4.50. The Morgan fingerprint density at radius 1 is 1.11 bits per heavy atom. The third kappa shape index (κ3) is 2.47. The Kier molecular flexibility index (Phi) is 3.55. The van der Waals surface area contributed by atoms with Gasteiger partial charge in [-0.25, -0.2) is 9.18 Å². The predicted octanol–water partition coefficient (Wildman–Crippen LogP) is 4.50. The average molecular weight is 285 g/mol. The van der Waals surface area contributed by atoms with Gasteiger partial charge in [0.05, 0.1) is 0 Å². The molecule has 0 saturated heterocycles. The van der Waals surface area contributed by atoms with E-state index < -0.39 is 17.3 Å². The van der Waals surface area contributed by atoms with Gasteiger partial charge in [-0.3, -0.25) is 0 Å². The summed E-state index contributed by atoms with van der Waals surface area (Å²) in [5.74, 6) is -2.13. The van der Waals surface area contributed by atoms with Gasteiger partial charge in [0.2, 0.25) is 0 Å². The van der Waals surface area contributed by atoms with Gasteiger partial charge >= 0.3 is 5.97 Å². The molecule has 0 aromatic heterocycles. The van der Waals surface area contributed by atoms with Crippen molar-refractivity contribution in [1.82, 2.24) is 0 Å². The van der Waals surface area contributed by atoms with Crippen molar-refractivity contribution in [2.24, 2.45) is 0 Å². The number of carboxylic acids is 1.